The minimum Gasteiger partial charge on any atom is -0.504 e. The fraction of sp³-hybridized carbons (Fsp3) is 0.294. The standard InChI is InChI=1S/C17H16F2N2O4/c1-25-16-6-10(2-5-15(16)22)9-20(11-3-4-11)17-13(18)7-12(21(23)24)8-14(17)19/h2,5-8,11,22H,3-4,9H2,1H3. The van der Waals surface area contributed by atoms with Crippen LogP contribution in [-0.4, -0.2) is 23.2 Å². The van der Waals surface area contributed by atoms with Gasteiger partial charge >= 0.3 is 0 Å². The van der Waals surface area contributed by atoms with Gasteiger partial charge in [0, 0.05) is 12.6 Å². The van der Waals surface area contributed by atoms with Crippen LogP contribution in [0.2, 0.25) is 0 Å². The average Bonchev–Trinajstić information content (AvgIpc) is 3.39. The van der Waals surface area contributed by atoms with Gasteiger partial charge in [0.1, 0.15) is 5.69 Å². The smallest absolute Gasteiger partial charge is 0.275 e. The number of nitro benzene ring substituents is 1. The molecular weight excluding hydrogens is 334 g/mol. The Labute approximate surface area is 142 Å². The zero-order chi connectivity index (χ0) is 18.1. The Morgan fingerprint density at radius 3 is 2.44 bits per heavy atom. The first-order valence-electron chi connectivity index (χ1n) is 7.66. The Morgan fingerprint density at radius 2 is 1.92 bits per heavy atom. The lowest BCUT2D eigenvalue weighted by Crippen LogP contribution is -2.27. The van der Waals surface area contributed by atoms with Crippen LogP contribution in [0.25, 0.3) is 0 Å². The van der Waals surface area contributed by atoms with Crippen molar-refractivity contribution in [2.75, 3.05) is 12.0 Å². The molecule has 8 heteroatoms. The largest absolute Gasteiger partial charge is 0.504 e. The number of phenolic OH excluding ortho intramolecular Hbond substituents is 1. The van der Waals surface area contributed by atoms with Crippen LogP contribution in [0.5, 0.6) is 11.5 Å². The molecule has 1 aliphatic rings. The summed E-state index contributed by atoms with van der Waals surface area (Å²) in [6.07, 6.45) is 1.57. The Hall–Kier alpha value is -2.90. The second-order valence-corrected chi connectivity index (χ2v) is 5.88. The van der Waals surface area contributed by atoms with Crippen molar-refractivity contribution in [3.8, 4) is 11.5 Å². The van der Waals surface area contributed by atoms with Crippen LogP contribution in [0.3, 0.4) is 0 Å². The number of methoxy groups -OCH3 is 1. The van der Waals surface area contributed by atoms with Crippen LogP contribution in [0.1, 0.15) is 18.4 Å². The minimum atomic E-state index is -0.968. The quantitative estimate of drug-likeness (QED) is 0.634. The lowest BCUT2D eigenvalue weighted by atomic mass is 10.1. The number of rotatable bonds is 6. The fourth-order valence-corrected chi connectivity index (χ4v) is 2.73. The SMILES string of the molecule is COc1cc(CN(c2c(F)cc([N+](=O)[O-])cc2F)C2CC2)ccc1O. The summed E-state index contributed by atoms with van der Waals surface area (Å²) in [5, 5.41) is 20.4. The van der Waals surface area contributed by atoms with Crippen LogP contribution < -0.4 is 9.64 Å². The van der Waals surface area contributed by atoms with Gasteiger partial charge in [0.2, 0.25) is 0 Å². The first-order chi connectivity index (χ1) is 11.9. The molecule has 0 bridgehead atoms. The van der Waals surface area contributed by atoms with Crippen LogP contribution in [-0.2, 0) is 6.54 Å². The Balaban J connectivity index is 1.96. The second kappa shape index (κ2) is 6.54. The molecule has 0 unspecified atom stereocenters. The topological polar surface area (TPSA) is 75.8 Å². The first-order valence-corrected chi connectivity index (χ1v) is 7.66. The number of hydrogen-bond acceptors (Lipinski definition) is 5. The van der Waals surface area contributed by atoms with Gasteiger partial charge in [-0.2, -0.15) is 0 Å². The third kappa shape index (κ3) is 3.47. The summed E-state index contributed by atoms with van der Waals surface area (Å²) in [5.74, 6) is -1.71. The van der Waals surface area contributed by atoms with Crippen LogP contribution in [0.15, 0.2) is 30.3 Å². The highest BCUT2D eigenvalue weighted by Crippen LogP contribution is 2.38. The van der Waals surface area contributed by atoms with Gasteiger partial charge in [-0.3, -0.25) is 10.1 Å². The van der Waals surface area contributed by atoms with Gasteiger partial charge < -0.3 is 14.7 Å². The van der Waals surface area contributed by atoms with E-state index in [0.29, 0.717) is 5.56 Å². The zero-order valence-electron chi connectivity index (χ0n) is 13.4. The molecule has 1 fully saturated rings. The Kier molecular flexibility index (Phi) is 4.43. The number of aromatic hydroxyl groups is 1. The molecule has 1 aliphatic carbocycles. The van der Waals surface area contributed by atoms with Gasteiger partial charge in [0.15, 0.2) is 23.1 Å². The van der Waals surface area contributed by atoms with Crippen LogP contribution >= 0.6 is 0 Å². The molecule has 2 aromatic rings. The number of halogens is 2. The number of hydrogen-bond donors (Lipinski definition) is 1. The number of benzene rings is 2. The number of non-ortho nitro benzene ring substituents is 1. The summed E-state index contributed by atoms with van der Waals surface area (Å²) in [4.78, 5) is 11.5. The number of ether oxygens (including phenoxy) is 1. The minimum absolute atomic E-state index is 0.0306. The van der Waals surface area contributed by atoms with Crippen molar-refractivity contribution in [2.45, 2.75) is 25.4 Å². The van der Waals surface area contributed by atoms with E-state index in [1.165, 1.54) is 13.2 Å². The number of nitrogens with zero attached hydrogens (tertiary/aromatic N) is 2. The summed E-state index contributed by atoms with van der Waals surface area (Å²) < 4.78 is 33.8. The van der Waals surface area contributed by atoms with E-state index in [1.807, 2.05) is 0 Å². The summed E-state index contributed by atoms with van der Waals surface area (Å²) >= 11 is 0. The van der Waals surface area contributed by atoms with Crippen LogP contribution in [0, 0.1) is 21.7 Å². The maximum Gasteiger partial charge on any atom is 0.275 e. The van der Waals surface area contributed by atoms with Crippen molar-refractivity contribution in [3.63, 3.8) is 0 Å². The molecule has 0 spiro atoms. The van der Waals surface area contributed by atoms with Gasteiger partial charge in [-0.05, 0) is 30.5 Å². The molecule has 6 nitrogen and oxygen atoms in total. The molecule has 1 saturated carbocycles. The van der Waals surface area contributed by atoms with E-state index in [-0.39, 0.29) is 29.8 Å². The molecule has 3 rings (SSSR count). The third-order valence-corrected chi connectivity index (χ3v) is 4.08. The monoisotopic (exact) mass is 350 g/mol. The number of phenols is 1. The highest BCUT2D eigenvalue weighted by Gasteiger charge is 2.33. The van der Waals surface area contributed by atoms with Crippen molar-refractivity contribution >= 4 is 11.4 Å². The first kappa shape index (κ1) is 16.9. The molecule has 0 atom stereocenters. The number of anilines is 1. The van der Waals surface area contributed by atoms with E-state index in [9.17, 15) is 24.0 Å². The van der Waals surface area contributed by atoms with Crippen molar-refractivity contribution in [1.82, 2.24) is 0 Å². The predicted octanol–water partition coefficient (Wildman–Crippen LogP) is 3.76. The molecule has 25 heavy (non-hydrogen) atoms. The van der Waals surface area contributed by atoms with E-state index in [4.69, 9.17) is 4.74 Å². The molecular formula is C17H16F2N2O4. The van der Waals surface area contributed by atoms with E-state index in [1.54, 1.807) is 17.0 Å². The highest BCUT2D eigenvalue weighted by atomic mass is 19.1. The fourth-order valence-electron chi connectivity index (χ4n) is 2.73. The Bertz CT molecular complexity index is 801. The van der Waals surface area contributed by atoms with Crippen molar-refractivity contribution < 1.29 is 23.5 Å². The molecule has 0 aromatic heterocycles. The summed E-state index contributed by atoms with van der Waals surface area (Å²) in [6.45, 7) is 0.187. The molecule has 0 heterocycles. The van der Waals surface area contributed by atoms with E-state index >= 15 is 0 Å². The zero-order valence-corrected chi connectivity index (χ0v) is 13.4. The molecule has 2 aromatic carbocycles. The summed E-state index contributed by atoms with van der Waals surface area (Å²) in [5.41, 5.74) is -0.209. The maximum absolute atomic E-state index is 14.4. The lowest BCUT2D eigenvalue weighted by molar-refractivity contribution is -0.385. The molecule has 0 radical (unpaired) electrons. The lowest BCUT2D eigenvalue weighted by Gasteiger charge is -2.26. The van der Waals surface area contributed by atoms with Crippen molar-refractivity contribution in [3.05, 3.63) is 57.6 Å². The maximum atomic E-state index is 14.4. The normalized spacial score (nSPS) is 13.6. The van der Waals surface area contributed by atoms with Gasteiger partial charge in [0.25, 0.3) is 5.69 Å². The third-order valence-electron chi connectivity index (χ3n) is 4.08. The van der Waals surface area contributed by atoms with E-state index < -0.39 is 22.2 Å². The van der Waals surface area contributed by atoms with Gasteiger partial charge in [-0.25, -0.2) is 8.78 Å². The van der Waals surface area contributed by atoms with Crippen LogP contribution in [0.4, 0.5) is 20.2 Å². The van der Waals surface area contributed by atoms with Gasteiger partial charge in [-0.1, -0.05) is 6.07 Å². The van der Waals surface area contributed by atoms with Gasteiger partial charge in [-0.15, -0.1) is 0 Å². The predicted molar refractivity (Wildman–Crippen MR) is 86.9 cm³/mol. The molecule has 0 amide bonds. The van der Waals surface area contributed by atoms with E-state index in [0.717, 1.165) is 25.0 Å². The summed E-state index contributed by atoms with van der Waals surface area (Å²) in [6, 6.07) is 6.09. The van der Waals surface area contributed by atoms with Crippen molar-refractivity contribution in [2.24, 2.45) is 0 Å². The second-order valence-electron chi connectivity index (χ2n) is 5.88. The molecule has 132 valence electrons. The highest BCUT2D eigenvalue weighted by molar-refractivity contribution is 5.56. The van der Waals surface area contributed by atoms with E-state index in [2.05, 4.69) is 0 Å². The molecule has 0 aliphatic heterocycles. The van der Waals surface area contributed by atoms with Crippen molar-refractivity contribution in [1.29, 1.82) is 0 Å². The molecule has 0 saturated heterocycles. The summed E-state index contributed by atoms with van der Waals surface area (Å²) in [7, 11) is 1.41. The number of nitro groups is 1. The average molecular weight is 350 g/mol. The van der Waals surface area contributed by atoms with Gasteiger partial charge in [0.05, 0.1) is 24.2 Å². The Morgan fingerprint density at radius 1 is 1.28 bits per heavy atom. The molecule has 1 N–H and O–H groups in total.